The largest absolute Gasteiger partial charge is 0.399 e. The van der Waals surface area contributed by atoms with Gasteiger partial charge in [-0.3, -0.25) is 4.79 Å². The summed E-state index contributed by atoms with van der Waals surface area (Å²) in [5, 5.41) is 0. The molecule has 1 rings (SSSR count). The second kappa shape index (κ2) is 4.80. The van der Waals surface area contributed by atoms with Gasteiger partial charge in [0.2, 0.25) is 0 Å². The Hall–Kier alpha value is -1.31. The van der Waals surface area contributed by atoms with Crippen LogP contribution in [0.2, 0.25) is 0 Å². The summed E-state index contributed by atoms with van der Waals surface area (Å²) in [7, 11) is 0. The van der Waals surface area contributed by atoms with Gasteiger partial charge in [-0.2, -0.15) is 0 Å². The molecule has 0 saturated heterocycles. The van der Waals surface area contributed by atoms with E-state index >= 15 is 0 Å². The molecule has 1 unspecified atom stereocenters. The number of anilines is 1. The number of carbonyl (C=O) groups is 1. The SMILES string of the molecule is CCC(=O)C(C)Cc1ccc(N)cc1. The number of ketones is 1. The standard InChI is InChI=1S/C12H17NO/c1-3-12(14)9(2)8-10-4-6-11(13)7-5-10/h4-7,9H,3,8,13H2,1-2H3. The van der Waals surface area contributed by atoms with E-state index in [1.165, 1.54) is 5.56 Å². The van der Waals surface area contributed by atoms with Crippen LogP contribution >= 0.6 is 0 Å². The molecule has 0 spiro atoms. The van der Waals surface area contributed by atoms with Crippen LogP contribution in [0.1, 0.15) is 25.8 Å². The van der Waals surface area contributed by atoms with E-state index in [0.29, 0.717) is 12.2 Å². The molecule has 1 aromatic carbocycles. The predicted octanol–water partition coefficient (Wildman–Crippen LogP) is 2.43. The van der Waals surface area contributed by atoms with Crippen LogP contribution in [0.15, 0.2) is 24.3 Å². The van der Waals surface area contributed by atoms with Crippen molar-refractivity contribution in [2.24, 2.45) is 5.92 Å². The zero-order chi connectivity index (χ0) is 10.6. The van der Waals surface area contributed by atoms with Crippen LogP contribution in [0.25, 0.3) is 0 Å². The lowest BCUT2D eigenvalue weighted by atomic mass is 9.96. The average Bonchev–Trinajstić information content (AvgIpc) is 2.20. The predicted molar refractivity (Wildman–Crippen MR) is 59.0 cm³/mol. The molecule has 0 fully saturated rings. The molecule has 0 saturated carbocycles. The normalized spacial score (nSPS) is 12.4. The smallest absolute Gasteiger partial charge is 0.135 e. The minimum absolute atomic E-state index is 0.114. The molecule has 0 aliphatic carbocycles. The van der Waals surface area contributed by atoms with Crippen LogP contribution in [0.4, 0.5) is 5.69 Å². The van der Waals surface area contributed by atoms with Gasteiger partial charge in [-0.15, -0.1) is 0 Å². The Morgan fingerprint density at radius 3 is 2.43 bits per heavy atom. The highest BCUT2D eigenvalue weighted by Gasteiger charge is 2.10. The van der Waals surface area contributed by atoms with E-state index in [2.05, 4.69) is 0 Å². The zero-order valence-corrected chi connectivity index (χ0v) is 8.79. The zero-order valence-electron chi connectivity index (χ0n) is 8.79. The summed E-state index contributed by atoms with van der Waals surface area (Å²) in [5.74, 6) is 0.436. The van der Waals surface area contributed by atoms with Crippen molar-refractivity contribution in [3.63, 3.8) is 0 Å². The van der Waals surface area contributed by atoms with Gasteiger partial charge in [0.05, 0.1) is 0 Å². The van der Waals surface area contributed by atoms with E-state index in [1.54, 1.807) is 0 Å². The number of hydrogen-bond donors (Lipinski definition) is 1. The van der Waals surface area contributed by atoms with E-state index in [0.717, 1.165) is 12.1 Å². The van der Waals surface area contributed by atoms with Crippen molar-refractivity contribution < 1.29 is 4.79 Å². The summed E-state index contributed by atoms with van der Waals surface area (Å²) in [6, 6.07) is 7.71. The fourth-order valence-electron chi connectivity index (χ4n) is 1.47. The Kier molecular flexibility index (Phi) is 3.69. The van der Waals surface area contributed by atoms with Crippen molar-refractivity contribution in [1.82, 2.24) is 0 Å². The molecule has 0 aliphatic rings. The van der Waals surface area contributed by atoms with E-state index in [9.17, 15) is 4.79 Å². The molecule has 1 atom stereocenters. The highest BCUT2D eigenvalue weighted by molar-refractivity contribution is 5.80. The first kappa shape index (κ1) is 10.8. The van der Waals surface area contributed by atoms with Crippen molar-refractivity contribution in [2.45, 2.75) is 26.7 Å². The van der Waals surface area contributed by atoms with Crippen molar-refractivity contribution in [3.8, 4) is 0 Å². The fraction of sp³-hybridized carbons (Fsp3) is 0.417. The Morgan fingerprint density at radius 2 is 1.93 bits per heavy atom. The van der Waals surface area contributed by atoms with Crippen molar-refractivity contribution >= 4 is 11.5 Å². The third-order valence-corrected chi connectivity index (χ3v) is 2.42. The van der Waals surface area contributed by atoms with Gasteiger partial charge in [0.25, 0.3) is 0 Å². The van der Waals surface area contributed by atoms with Gasteiger partial charge in [0, 0.05) is 18.0 Å². The van der Waals surface area contributed by atoms with Gasteiger partial charge in [0.15, 0.2) is 0 Å². The van der Waals surface area contributed by atoms with E-state index < -0.39 is 0 Å². The summed E-state index contributed by atoms with van der Waals surface area (Å²) < 4.78 is 0. The lowest BCUT2D eigenvalue weighted by Gasteiger charge is -2.08. The monoisotopic (exact) mass is 191 g/mol. The van der Waals surface area contributed by atoms with Crippen molar-refractivity contribution in [2.75, 3.05) is 5.73 Å². The van der Waals surface area contributed by atoms with Gasteiger partial charge in [0.1, 0.15) is 5.78 Å². The van der Waals surface area contributed by atoms with Crippen LogP contribution in [-0.2, 0) is 11.2 Å². The second-order valence-electron chi connectivity index (χ2n) is 3.67. The Balaban J connectivity index is 2.60. The topological polar surface area (TPSA) is 43.1 Å². The first-order valence-electron chi connectivity index (χ1n) is 5.00. The van der Waals surface area contributed by atoms with Crippen LogP contribution in [0.3, 0.4) is 0 Å². The number of nitrogen functional groups attached to an aromatic ring is 1. The number of nitrogens with two attached hydrogens (primary N) is 1. The maximum Gasteiger partial charge on any atom is 0.135 e. The van der Waals surface area contributed by atoms with Gasteiger partial charge in [-0.1, -0.05) is 26.0 Å². The maximum atomic E-state index is 11.4. The molecular weight excluding hydrogens is 174 g/mol. The number of benzene rings is 1. The lowest BCUT2D eigenvalue weighted by Crippen LogP contribution is -2.12. The average molecular weight is 191 g/mol. The quantitative estimate of drug-likeness (QED) is 0.743. The van der Waals surface area contributed by atoms with E-state index in [-0.39, 0.29) is 5.92 Å². The second-order valence-corrected chi connectivity index (χ2v) is 3.67. The lowest BCUT2D eigenvalue weighted by molar-refractivity contribution is -0.122. The van der Waals surface area contributed by atoms with E-state index in [1.807, 2.05) is 38.1 Å². The van der Waals surface area contributed by atoms with Crippen LogP contribution in [0.5, 0.6) is 0 Å². The highest BCUT2D eigenvalue weighted by atomic mass is 16.1. The Morgan fingerprint density at radius 1 is 1.36 bits per heavy atom. The number of Topliss-reactive ketones (excluding diaryl/α,β-unsaturated/α-hetero) is 1. The molecule has 14 heavy (non-hydrogen) atoms. The summed E-state index contributed by atoms with van der Waals surface area (Å²) in [6.07, 6.45) is 1.43. The maximum absolute atomic E-state index is 11.4. The minimum Gasteiger partial charge on any atom is -0.399 e. The van der Waals surface area contributed by atoms with Gasteiger partial charge in [-0.05, 0) is 24.1 Å². The summed E-state index contributed by atoms with van der Waals surface area (Å²) in [4.78, 5) is 11.4. The molecule has 0 aliphatic heterocycles. The van der Waals surface area contributed by atoms with Gasteiger partial charge in [-0.25, -0.2) is 0 Å². The van der Waals surface area contributed by atoms with Crippen LogP contribution in [0, 0.1) is 5.92 Å². The van der Waals surface area contributed by atoms with Gasteiger partial charge < -0.3 is 5.73 Å². The summed E-state index contributed by atoms with van der Waals surface area (Å²) >= 11 is 0. The molecule has 76 valence electrons. The molecule has 0 aromatic heterocycles. The van der Waals surface area contributed by atoms with Crippen LogP contribution < -0.4 is 5.73 Å². The number of rotatable bonds is 4. The fourth-order valence-corrected chi connectivity index (χ4v) is 1.47. The molecule has 2 nitrogen and oxygen atoms in total. The van der Waals surface area contributed by atoms with Crippen LogP contribution in [-0.4, -0.2) is 5.78 Å². The van der Waals surface area contributed by atoms with Crippen molar-refractivity contribution in [3.05, 3.63) is 29.8 Å². The Bertz CT molecular complexity index is 303. The molecule has 0 bridgehead atoms. The summed E-state index contributed by atoms with van der Waals surface area (Å²) in [6.45, 7) is 3.88. The molecule has 0 heterocycles. The number of carbonyl (C=O) groups excluding carboxylic acids is 1. The Labute approximate surface area is 85.1 Å². The molecule has 1 aromatic rings. The molecular formula is C12H17NO. The molecule has 2 N–H and O–H groups in total. The van der Waals surface area contributed by atoms with E-state index in [4.69, 9.17) is 5.73 Å². The third-order valence-electron chi connectivity index (χ3n) is 2.42. The molecule has 0 radical (unpaired) electrons. The molecule has 0 amide bonds. The highest BCUT2D eigenvalue weighted by Crippen LogP contribution is 2.12. The first-order chi connectivity index (χ1) is 6.63. The molecule has 2 heteroatoms. The minimum atomic E-state index is 0.114. The first-order valence-corrected chi connectivity index (χ1v) is 5.00. The third kappa shape index (κ3) is 2.87. The number of hydrogen-bond acceptors (Lipinski definition) is 2. The van der Waals surface area contributed by atoms with Crippen molar-refractivity contribution in [1.29, 1.82) is 0 Å². The summed E-state index contributed by atoms with van der Waals surface area (Å²) in [5.41, 5.74) is 7.52. The van der Waals surface area contributed by atoms with Gasteiger partial charge >= 0.3 is 0 Å².